The molecular formula is C36H52O4. The Morgan fingerprint density at radius 2 is 1.07 bits per heavy atom. The van der Waals surface area contributed by atoms with Gasteiger partial charge >= 0.3 is 11.9 Å². The smallest absolute Gasteiger partial charge is 0.313 e. The molecule has 0 aromatic heterocycles. The van der Waals surface area contributed by atoms with Crippen LogP contribution >= 0.6 is 0 Å². The van der Waals surface area contributed by atoms with Crippen molar-refractivity contribution in [2.24, 2.45) is 5.92 Å². The minimum atomic E-state index is -0.640. The van der Waals surface area contributed by atoms with Crippen LogP contribution in [0.15, 0.2) is 72.8 Å². The predicted octanol–water partition coefficient (Wildman–Crippen LogP) is 9.91. The normalized spacial score (nSPS) is 11.9. The monoisotopic (exact) mass is 548 g/mol. The second-order valence-corrected chi connectivity index (χ2v) is 10.9. The quantitative estimate of drug-likeness (QED) is 0.0787. The molecule has 0 heterocycles. The van der Waals surface area contributed by atoms with Crippen LogP contribution in [0.2, 0.25) is 0 Å². The number of carbonyl (C=O) groups is 2. The van der Waals surface area contributed by atoms with E-state index >= 15 is 0 Å². The van der Waals surface area contributed by atoms with Gasteiger partial charge in [0.05, 0.1) is 12.3 Å². The van der Waals surface area contributed by atoms with Gasteiger partial charge in [-0.2, -0.15) is 0 Å². The van der Waals surface area contributed by atoms with Gasteiger partial charge in [-0.15, -0.1) is 0 Å². The van der Waals surface area contributed by atoms with E-state index in [4.69, 9.17) is 9.47 Å². The van der Waals surface area contributed by atoms with Crippen molar-refractivity contribution in [1.29, 1.82) is 0 Å². The SMILES string of the molecule is CCCCCCCCCCCCCCCC/C=C/C(CC(=O)OCc1ccccc1)C(=O)OCc1ccccc1. The van der Waals surface area contributed by atoms with Crippen LogP contribution in [0.1, 0.15) is 121 Å². The fraction of sp³-hybridized carbons (Fsp3) is 0.556. The van der Waals surface area contributed by atoms with Crippen molar-refractivity contribution in [1.82, 2.24) is 0 Å². The van der Waals surface area contributed by atoms with Crippen molar-refractivity contribution < 1.29 is 19.1 Å². The molecule has 4 nitrogen and oxygen atoms in total. The van der Waals surface area contributed by atoms with E-state index in [9.17, 15) is 9.59 Å². The van der Waals surface area contributed by atoms with E-state index in [0.717, 1.165) is 24.0 Å². The number of hydrogen-bond donors (Lipinski definition) is 0. The first-order valence-corrected chi connectivity index (χ1v) is 15.8. The summed E-state index contributed by atoms with van der Waals surface area (Å²) >= 11 is 0. The maximum atomic E-state index is 12.8. The van der Waals surface area contributed by atoms with Crippen LogP contribution in [0.5, 0.6) is 0 Å². The lowest BCUT2D eigenvalue weighted by molar-refractivity contribution is -0.154. The molecule has 0 bridgehead atoms. The molecule has 40 heavy (non-hydrogen) atoms. The topological polar surface area (TPSA) is 52.6 Å². The molecule has 0 N–H and O–H groups in total. The summed E-state index contributed by atoms with van der Waals surface area (Å²) in [6, 6.07) is 19.2. The minimum absolute atomic E-state index is 0.0182. The van der Waals surface area contributed by atoms with Gasteiger partial charge in [-0.25, -0.2) is 0 Å². The molecule has 4 heteroatoms. The van der Waals surface area contributed by atoms with E-state index in [0.29, 0.717) is 0 Å². The molecular weight excluding hydrogens is 496 g/mol. The number of rotatable bonds is 23. The maximum absolute atomic E-state index is 12.8. The lowest BCUT2D eigenvalue weighted by Gasteiger charge is -2.13. The number of carbonyl (C=O) groups excluding carboxylic acids is 2. The molecule has 0 saturated carbocycles. The van der Waals surface area contributed by atoms with Crippen molar-refractivity contribution in [3.63, 3.8) is 0 Å². The third-order valence-electron chi connectivity index (χ3n) is 7.25. The highest BCUT2D eigenvalue weighted by molar-refractivity contribution is 5.81. The minimum Gasteiger partial charge on any atom is -0.461 e. The van der Waals surface area contributed by atoms with Gasteiger partial charge < -0.3 is 9.47 Å². The van der Waals surface area contributed by atoms with Crippen molar-refractivity contribution in [3.05, 3.63) is 83.9 Å². The summed E-state index contributed by atoms with van der Waals surface area (Å²) in [5.74, 6) is -1.43. The standard InChI is InChI=1S/C36H52O4/c1-2-3-4-5-6-7-8-9-10-11-12-13-14-15-16-23-28-34(36(38)40-31-33-26-21-18-22-27-33)29-35(37)39-30-32-24-19-17-20-25-32/h17-28,34H,2-16,29-31H2,1H3/b28-23+. The van der Waals surface area contributed by atoms with Gasteiger partial charge in [-0.1, -0.05) is 163 Å². The Bertz CT molecular complexity index is 922. The molecule has 0 fully saturated rings. The van der Waals surface area contributed by atoms with Gasteiger partial charge in [-0.05, 0) is 24.0 Å². The van der Waals surface area contributed by atoms with Gasteiger partial charge in [0.25, 0.3) is 0 Å². The zero-order valence-electron chi connectivity index (χ0n) is 24.9. The molecule has 0 radical (unpaired) electrons. The lowest BCUT2D eigenvalue weighted by atomic mass is 10.0. The van der Waals surface area contributed by atoms with Gasteiger partial charge in [0, 0.05) is 0 Å². The summed E-state index contributed by atoms with van der Waals surface area (Å²) in [7, 11) is 0. The summed E-state index contributed by atoms with van der Waals surface area (Å²) in [4.78, 5) is 25.3. The fourth-order valence-electron chi connectivity index (χ4n) is 4.76. The molecule has 220 valence electrons. The summed E-state index contributed by atoms with van der Waals surface area (Å²) in [6.07, 6.45) is 23.4. The molecule has 2 aromatic carbocycles. The number of esters is 2. The van der Waals surface area contributed by atoms with E-state index in [1.807, 2.05) is 72.8 Å². The van der Waals surface area contributed by atoms with E-state index in [1.165, 1.54) is 83.5 Å². The van der Waals surface area contributed by atoms with Crippen molar-refractivity contribution in [2.75, 3.05) is 0 Å². The summed E-state index contributed by atoms with van der Waals surface area (Å²) in [5.41, 5.74) is 1.85. The molecule has 0 amide bonds. The first-order chi connectivity index (χ1) is 19.7. The second-order valence-electron chi connectivity index (χ2n) is 10.9. The Kier molecular flexibility index (Phi) is 19.1. The van der Waals surface area contributed by atoms with Gasteiger partial charge in [0.2, 0.25) is 0 Å². The van der Waals surface area contributed by atoms with Crippen molar-refractivity contribution >= 4 is 11.9 Å². The molecule has 0 aliphatic rings. The van der Waals surface area contributed by atoms with Crippen LogP contribution in [-0.4, -0.2) is 11.9 Å². The molecule has 0 aliphatic heterocycles. The summed E-state index contributed by atoms with van der Waals surface area (Å²) < 4.78 is 11.0. The Hall–Kier alpha value is -2.88. The fourth-order valence-corrected chi connectivity index (χ4v) is 4.76. The first-order valence-electron chi connectivity index (χ1n) is 15.8. The van der Waals surface area contributed by atoms with E-state index in [2.05, 4.69) is 6.92 Å². The molecule has 1 atom stereocenters. The van der Waals surface area contributed by atoms with Crippen LogP contribution in [0, 0.1) is 5.92 Å². The molecule has 2 rings (SSSR count). The highest BCUT2D eigenvalue weighted by Crippen LogP contribution is 2.16. The summed E-state index contributed by atoms with van der Waals surface area (Å²) in [6.45, 7) is 2.67. The van der Waals surface area contributed by atoms with Gasteiger partial charge in [-0.3, -0.25) is 9.59 Å². The van der Waals surface area contributed by atoms with Crippen LogP contribution in [0.3, 0.4) is 0 Å². The molecule has 0 spiro atoms. The number of allylic oxidation sites excluding steroid dienone is 1. The zero-order chi connectivity index (χ0) is 28.5. The van der Waals surface area contributed by atoms with Gasteiger partial charge in [0.1, 0.15) is 13.2 Å². The maximum Gasteiger partial charge on any atom is 0.313 e. The van der Waals surface area contributed by atoms with Crippen molar-refractivity contribution in [2.45, 2.75) is 123 Å². The second kappa shape index (κ2) is 22.9. The number of benzene rings is 2. The third-order valence-corrected chi connectivity index (χ3v) is 7.25. The lowest BCUT2D eigenvalue weighted by Crippen LogP contribution is -2.20. The van der Waals surface area contributed by atoms with Gasteiger partial charge in [0.15, 0.2) is 0 Å². The number of unbranched alkanes of at least 4 members (excludes halogenated alkanes) is 14. The van der Waals surface area contributed by atoms with Crippen LogP contribution in [0.25, 0.3) is 0 Å². The highest BCUT2D eigenvalue weighted by atomic mass is 16.5. The predicted molar refractivity (Wildman–Crippen MR) is 165 cm³/mol. The Morgan fingerprint density at radius 3 is 1.57 bits per heavy atom. The Balaban J connectivity index is 1.64. The molecule has 0 saturated heterocycles. The Morgan fingerprint density at radius 1 is 0.625 bits per heavy atom. The van der Waals surface area contributed by atoms with Crippen LogP contribution in [-0.2, 0) is 32.3 Å². The summed E-state index contributed by atoms with van der Waals surface area (Å²) in [5, 5.41) is 0. The third kappa shape index (κ3) is 16.9. The molecule has 2 aromatic rings. The molecule has 0 aliphatic carbocycles. The first kappa shape index (κ1) is 33.3. The molecule has 1 unspecified atom stereocenters. The largest absolute Gasteiger partial charge is 0.461 e. The van der Waals surface area contributed by atoms with E-state index in [-0.39, 0.29) is 19.6 Å². The zero-order valence-corrected chi connectivity index (χ0v) is 24.9. The average Bonchev–Trinajstić information content (AvgIpc) is 2.99. The van der Waals surface area contributed by atoms with Crippen LogP contribution in [0.4, 0.5) is 0 Å². The number of ether oxygens (including phenoxy) is 2. The van der Waals surface area contributed by atoms with E-state index in [1.54, 1.807) is 0 Å². The van der Waals surface area contributed by atoms with E-state index < -0.39 is 17.9 Å². The highest BCUT2D eigenvalue weighted by Gasteiger charge is 2.22. The number of hydrogen-bond acceptors (Lipinski definition) is 4. The average molecular weight is 549 g/mol. The van der Waals surface area contributed by atoms with Crippen LogP contribution < -0.4 is 0 Å². The van der Waals surface area contributed by atoms with Crippen molar-refractivity contribution in [3.8, 4) is 0 Å². The Labute approximate surface area is 243 Å².